The molecule has 172 valence electrons. The third-order valence-electron chi connectivity index (χ3n) is 3.04. The van der Waals surface area contributed by atoms with Crippen molar-refractivity contribution in [1.82, 2.24) is 26.2 Å². The molecule has 5 heteroatoms. The summed E-state index contributed by atoms with van der Waals surface area (Å²) < 4.78 is 0. The van der Waals surface area contributed by atoms with Gasteiger partial charge in [0.15, 0.2) is 0 Å². The van der Waals surface area contributed by atoms with Crippen molar-refractivity contribution in [2.45, 2.75) is 88.5 Å². The molecule has 0 radical (unpaired) electrons. The van der Waals surface area contributed by atoms with E-state index in [9.17, 15) is 0 Å². The summed E-state index contributed by atoms with van der Waals surface area (Å²) in [6.45, 7) is 29.2. The largest absolute Gasteiger partial charge is 0.306 e. The summed E-state index contributed by atoms with van der Waals surface area (Å²) in [6, 6.07) is 0. The van der Waals surface area contributed by atoms with Gasteiger partial charge in [0.05, 0.1) is 0 Å². The number of nitrogens with zero attached hydrogens (tertiary/aromatic N) is 1. The average Bonchev–Trinajstić information content (AvgIpc) is 3.55. The highest BCUT2D eigenvalue weighted by Crippen LogP contribution is 2.04. The zero-order valence-corrected chi connectivity index (χ0v) is 21.2. The van der Waals surface area contributed by atoms with E-state index < -0.39 is 0 Å². The Morgan fingerprint density at radius 2 is 0.704 bits per heavy atom. The Balaban J connectivity index is -0.0000000737. The van der Waals surface area contributed by atoms with E-state index in [1.165, 1.54) is 32.4 Å². The molecule has 0 aliphatic carbocycles. The van der Waals surface area contributed by atoms with E-state index >= 15 is 0 Å². The molecule has 3 aliphatic rings. The van der Waals surface area contributed by atoms with Crippen molar-refractivity contribution in [3.8, 4) is 0 Å². The smallest absolute Gasteiger partial charge is 0.0455 e. The van der Waals surface area contributed by atoms with Gasteiger partial charge in [-0.1, -0.05) is 75.7 Å². The second-order valence-corrected chi connectivity index (χ2v) is 4.72. The number of hydrogen-bond acceptors (Lipinski definition) is 5. The van der Waals surface area contributed by atoms with Crippen molar-refractivity contribution in [3.05, 3.63) is 0 Å². The van der Waals surface area contributed by atoms with Gasteiger partial charge in [-0.3, -0.25) is 0 Å². The van der Waals surface area contributed by atoms with Crippen molar-refractivity contribution >= 4 is 0 Å². The standard InChI is InChI=1S/C6H13N.2C3H8N2.5C2H6/c1-7-5-3-2-4-6-7;2*1-2-5-3-4-1;5*1-2/h2-6H2,1H3;2*4-5H,1-3H2;5*1-2H3. The van der Waals surface area contributed by atoms with Crippen LogP contribution in [0.25, 0.3) is 0 Å². The van der Waals surface area contributed by atoms with Crippen LogP contribution in [-0.4, -0.2) is 64.6 Å². The highest BCUT2D eigenvalue weighted by atomic mass is 15.1. The summed E-state index contributed by atoms with van der Waals surface area (Å²) in [5, 5.41) is 12.4. The molecular formula is C22H59N5. The normalized spacial score (nSPS) is 16.6. The van der Waals surface area contributed by atoms with Crippen LogP contribution in [0.1, 0.15) is 88.5 Å². The van der Waals surface area contributed by atoms with Crippen molar-refractivity contribution in [2.75, 3.05) is 59.7 Å². The molecule has 3 aliphatic heterocycles. The van der Waals surface area contributed by atoms with E-state index in [-0.39, 0.29) is 0 Å². The van der Waals surface area contributed by atoms with Gasteiger partial charge < -0.3 is 26.2 Å². The van der Waals surface area contributed by atoms with Crippen LogP contribution >= 0.6 is 0 Å². The summed E-state index contributed by atoms with van der Waals surface area (Å²) in [5.41, 5.74) is 0. The van der Waals surface area contributed by atoms with Gasteiger partial charge in [0.2, 0.25) is 0 Å². The lowest BCUT2D eigenvalue weighted by molar-refractivity contribution is 0.277. The molecule has 3 fully saturated rings. The molecule has 0 saturated carbocycles. The summed E-state index contributed by atoms with van der Waals surface area (Å²) in [5.74, 6) is 0. The summed E-state index contributed by atoms with van der Waals surface area (Å²) >= 11 is 0. The Labute approximate surface area is 174 Å². The van der Waals surface area contributed by atoms with Crippen LogP contribution < -0.4 is 21.3 Å². The highest BCUT2D eigenvalue weighted by molar-refractivity contribution is 4.58. The maximum atomic E-state index is 3.11. The Kier molecular flexibility index (Phi) is 69.6. The van der Waals surface area contributed by atoms with Gasteiger partial charge in [0, 0.05) is 39.5 Å². The lowest BCUT2D eigenvalue weighted by Crippen LogP contribution is -2.24. The first kappa shape index (κ1) is 37.5. The van der Waals surface area contributed by atoms with Crippen molar-refractivity contribution in [2.24, 2.45) is 0 Å². The lowest BCUT2D eigenvalue weighted by atomic mass is 10.1. The van der Waals surface area contributed by atoms with Crippen molar-refractivity contribution in [3.63, 3.8) is 0 Å². The topological polar surface area (TPSA) is 51.4 Å². The SMILES string of the molecule is C1CNCN1.C1CNCN1.CC.CC.CC.CC.CC.CN1CCCCC1. The summed E-state index contributed by atoms with van der Waals surface area (Å²) in [4.78, 5) is 2.39. The molecule has 3 heterocycles. The fourth-order valence-electron chi connectivity index (χ4n) is 1.94. The van der Waals surface area contributed by atoms with Gasteiger partial charge in [0.1, 0.15) is 0 Å². The Bertz CT molecular complexity index is 130. The fraction of sp³-hybridized carbons (Fsp3) is 1.00. The van der Waals surface area contributed by atoms with Crippen LogP contribution in [0.2, 0.25) is 0 Å². The fourth-order valence-corrected chi connectivity index (χ4v) is 1.94. The zero-order chi connectivity index (χ0) is 22.2. The number of likely N-dealkylation sites (tertiary alicyclic amines) is 1. The van der Waals surface area contributed by atoms with Crippen LogP contribution in [0.4, 0.5) is 0 Å². The number of nitrogens with one attached hydrogen (secondary N) is 4. The minimum Gasteiger partial charge on any atom is -0.306 e. The molecule has 0 amide bonds. The molecule has 0 bridgehead atoms. The Morgan fingerprint density at radius 1 is 0.444 bits per heavy atom. The zero-order valence-electron chi connectivity index (χ0n) is 21.2. The van der Waals surface area contributed by atoms with Crippen molar-refractivity contribution in [1.29, 1.82) is 0 Å². The van der Waals surface area contributed by atoms with E-state index in [0.717, 1.165) is 39.5 Å². The molecule has 0 aromatic heterocycles. The Hall–Kier alpha value is -0.200. The molecule has 0 unspecified atom stereocenters. The van der Waals surface area contributed by atoms with E-state index in [4.69, 9.17) is 0 Å². The molecule has 0 aromatic carbocycles. The van der Waals surface area contributed by atoms with E-state index in [1.807, 2.05) is 69.2 Å². The van der Waals surface area contributed by atoms with E-state index in [2.05, 4.69) is 33.2 Å². The second kappa shape index (κ2) is 50.1. The summed E-state index contributed by atoms with van der Waals surface area (Å²) in [7, 11) is 2.19. The van der Waals surface area contributed by atoms with Crippen LogP contribution in [0.15, 0.2) is 0 Å². The van der Waals surface area contributed by atoms with Crippen LogP contribution in [0, 0.1) is 0 Å². The molecule has 27 heavy (non-hydrogen) atoms. The maximum absolute atomic E-state index is 3.11. The van der Waals surface area contributed by atoms with Gasteiger partial charge >= 0.3 is 0 Å². The van der Waals surface area contributed by atoms with Crippen molar-refractivity contribution < 1.29 is 0 Å². The monoisotopic (exact) mass is 393 g/mol. The second-order valence-electron chi connectivity index (χ2n) is 4.72. The molecule has 3 saturated heterocycles. The third-order valence-corrected chi connectivity index (χ3v) is 3.04. The molecule has 3 rings (SSSR count). The van der Waals surface area contributed by atoms with Gasteiger partial charge in [-0.15, -0.1) is 0 Å². The predicted octanol–water partition coefficient (Wildman–Crippen LogP) is 4.51. The average molecular weight is 394 g/mol. The van der Waals surface area contributed by atoms with Crippen LogP contribution in [-0.2, 0) is 0 Å². The predicted molar refractivity (Wildman–Crippen MR) is 130 cm³/mol. The first-order valence-electron chi connectivity index (χ1n) is 11.9. The molecule has 5 nitrogen and oxygen atoms in total. The van der Waals surface area contributed by atoms with Gasteiger partial charge in [-0.25, -0.2) is 0 Å². The van der Waals surface area contributed by atoms with Gasteiger partial charge in [-0.05, 0) is 33.0 Å². The molecule has 0 atom stereocenters. The minimum absolute atomic E-state index is 1.00. The lowest BCUT2D eigenvalue weighted by Gasteiger charge is -2.20. The molecule has 0 aromatic rings. The minimum atomic E-state index is 1.00. The van der Waals surface area contributed by atoms with Crippen LogP contribution in [0.3, 0.4) is 0 Å². The van der Waals surface area contributed by atoms with Crippen LogP contribution in [0.5, 0.6) is 0 Å². The Morgan fingerprint density at radius 3 is 0.815 bits per heavy atom. The van der Waals surface area contributed by atoms with Gasteiger partial charge in [-0.2, -0.15) is 0 Å². The number of rotatable bonds is 0. The number of piperidine rings is 1. The van der Waals surface area contributed by atoms with E-state index in [0.29, 0.717) is 0 Å². The van der Waals surface area contributed by atoms with E-state index in [1.54, 1.807) is 0 Å². The maximum Gasteiger partial charge on any atom is 0.0455 e. The number of hydrogen-bond donors (Lipinski definition) is 4. The first-order valence-corrected chi connectivity index (χ1v) is 11.9. The summed E-state index contributed by atoms with van der Waals surface area (Å²) in [6.07, 6.45) is 4.28. The van der Waals surface area contributed by atoms with Gasteiger partial charge in [0.25, 0.3) is 0 Å². The molecular weight excluding hydrogens is 334 g/mol. The molecule has 0 spiro atoms. The first-order chi connectivity index (χ1) is 13.4. The third kappa shape index (κ3) is 46.1. The molecule has 4 N–H and O–H groups in total. The highest BCUT2D eigenvalue weighted by Gasteiger charge is 2.02. The quantitative estimate of drug-likeness (QED) is 0.488.